The number of thiol groups is 1. The van der Waals surface area contributed by atoms with Crippen LogP contribution in [0.5, 0.6) is 17.2 Å². The first-order valence-corrected chi connectivity index (χ1v) is 9.11. The molecule has 1 aliphatic carbocycles. The van der Waals surface area contributed by atoms with Crippen LogP contribution in [-0.4, -0.2) is 32.4 Å². The van der Waals surface area contributed by atoms with Gasteiger partial charge in [0.2, 0.25) is 5.75 Å². The zero-order chi connectivity index (χ0) is 20.4. The minimum Gasteiger partial charge on any atom is -0.493 e. The number of aliphatic carboxylic acids is 1. The monoisotopic (exact) mass is 398 g/mol. The van der Waals surface area contributed by atoms with Crippen LogP contribution >= 0.6 is 12.6 Å². The fourth-order valence-corrected chi connectivity index (χ4v) is 3.70. The highest BCUT2D eigenvalue weighted by Gasteiger charge is 2.25. The molecule has 0 amide bonds. The lowest BCUT2D eigenvalue weighted by atomic mass is 10.00. The van der Waals surface area contributed by atoms with Gasteiger partial charge in [0.15, 0.2) is 11.5 Å². The first-order valence-electron chi connectivity index (χ1n) is 8.67. The smallest absolute Gasteiger partial charge is 0.307 e. The van der Waals surface area contributed by atoms with Crippen LogP contribution < -0.4 is 14.2 Å². The summed E-state index contributed by atoms with van der Waals surface area (Å²) < 4.78 is 16.3. The molecule has 2 aromatic rings. The highest BCUT2D eigenvalue weighted by atomic mass is 32.1. The number of carboxylic acids is 1. The molecule has 0 saturated carbocycles. The van der Waals surface area contributed by atoms with Crippen LogP contribution in [0.2, 0.25) is 0 Å². The molecule has 0 bridgehead atoms. The average molecular weight is 398 g/mol. The second-order valence-corrected chi connectivity index (χ2v) is 6.94. The number of fused-ring (bicyclic) bond motifs is 1. The summed E-state index contributed by atoms with van der Waals surface area (Å²) in [4.78, 5) is 12.2. The molecule has 0 spiro atoms. The van der Waals surface area contributed by atoms with Crippen molar-refractivity contribution < 1.29 is 24.1 Å². The predicted octanol–water partition coefficient (Wildman–Crippen LogP) is 4.80. The van der Waals surface area contributed by atoms with E-state index in [-0.39, 0.29) is 6.42 Å². The van der Waals surface area contributed by atoms with Crippen molar-refractivity contribution in [3.05, 3.63) is 52.6 Å². The average Bonchev–Trinajstić information content (AvgIpc) is 2.91. The molecular weight excluding hydrogens is 376 g/mol. The zero-order valence-electron chi connectivity index (χ0n) is 16.2. The van der Waals surface area contributed by atoms with Crippen molar-refractivity contribution in [1.29, 1.82) is 0 Å². The lowest BCUT2D eigenvalue weighted by Gasteiger charge is -2.13. The van der Waals surface area contributed by atoms with Gasteiger partial charge in [-0.15, -0.1) is 12.6 Å². The number of allylic oxidation sites excluding steroid dienone is 2. The van der Waals surface area contributed by atoms with Gasteiger partial charge in [-0.3, -0.25) is 4.79 Å². The predicted molar refractivity (Wildman–Crippen MR) is 113 cm³/mol. The highest BCUT2D eigenvalue weighted by Crippen LogP contribution is 2.45. The first-order chi connectivity index (χ1) is 13.4. The quantitative estimate of drug-likeness (QED) is 0.684. The number of hydrogen-bond acceptors (Lipinski definition) is 5. The molecule has 5 nitrogen and oxygen atoms in total. The Morgan fingerprint density at radius 2 is 1.68 bits per heavy atom. The summed E-state index contributed by atoms with van der Waals surface area (Å²) in [5, 5.41) is 9.33. The maximum Gasteiger partial charge on any atom is 0.307 e. The number of hydrogen-bond donors (Lipinski definition) is 2. The highest BCUT2D eigenvalue weighted by molar-refractivity contribution is 7.80. The van der Waals surface area contributed by atoms with E-state index >= 15 is 0 Å². The van der Waals surface area contributed by atoms with E-state index < -0.39 is 5.97 Å². The van der Waals surface area contributed by atoms with Gasteiger partial charge in [0.25, 0.3) is 0 Å². The van der Waals surface area contributed by atoms with E-state index in [4.69, 9.17) is 14.2 Å². The molecule has 3 rings (SSSR count). The number of benzene rings is 2. The lowest BCUT2D eigenvalue weighted by Crippen LogP contribution is -1.96. The van der Waals surface area contributed by atoms with Crippen molar-refractivity contribution in [2.45, 2.75) is 18.2 Å². The maximum absolute atomic E-state index is 11.4. The molecule has 0 aliphatic heterocycles. The zero-order valence-corrected chi connectivity index (χ0v) is 17.1. The summed E-state index contributed by atoms with van der Waals surface area (Å²) in [5.41, 5.74) is 5.46. The third-order valence-electron chi connectivity index (χ3n) is 4.80. The van der Waals surface area contributed by atoms with Gasteiger partial charge in [-0.1, -0.05) is 6.07 Å². The molecule has 1 aliphatic rings. The number of carbonyl (C=O) groups is 1. The van der Waals surface area contributed by atoms with Crippen molar-refractivity contribution in [3.63, 3.8) is 0 Å². The van der Waals surface area contributed by atoms with Crippen molar-refractivity contribution in [3.8, 4) is 17.2 Å². The van der Waals surface area contributed by atoms with E-state index in [0.29, 0.717) is 17.2 Å². The Balaban J connectivity index is 2.20. The van der Waals surface area contributed by atoms with E-state index in [1.165, 1.54) is 0 Å². The largest absolute Gasteiger partial charge is 0.493 e. The molecule has 1 N–H and O–H groups in total. The Hall–Kier alpha value is -2.86. The Labute approximate surface area is 169 Å². The van der Waals surface area contributed by atoms with Gasteiger partial charge in [-0.2, -0.15) is 0 Å². The normalized spacial score (nSPS) is 14.2. The van der Waals surface area contributed by atoms with Crippen LogP contribution in [-0.2, 0) is 4.79 Å². The van der Waals surface area contributed by atoms with E-state index in [9.17, 15) is 9.90 Å². The van der Waals surface area contributed by atoms with Crippen LogP contribution in [0.25, 0.3) is 17.2 Å². The molecule has 6 heteroatoms. The standard InChI is InChI=1S/C22H22O5S/c1-12-16(7-13-8-19(25-2)22(27-4)20(9-13)26-3)18-10-14(28)5-6-15(18)17(12)11-21(23)24/h5-10,28H,11H2,1-4H3,(H,23,24)/b16-7+. The lowest BCUT2D eigenvalue weighted by molar-refractivity contribution is -0.135. The second-order valence-electron chi connectivity index (χ2n) is 6.42. The summed E-state index contributed by atoms with van der Waals surface area (Å²) in [6.07, 6.45) is 1.97. The molecule has 0 heterocycles. The number of methoxy groups -OCH3 is 3. The Morgan fingerprint density at radius 3 is 2.21 bits per heavy atom. The van der Waals surface area contributed by atoms with Gasteiger partial charge in [0, 0.05) is 4.90 Å². The van der Waals surface area contributed by atoms with E-state index in [0.717, 1.165) is 38.3 Å². The molecule has 0 fully saturated rings. The van der Waals surface area contributed by atoms with Crippen molar-refractivity contribution in [2.24, 2.45) is 0 Å². The van der Waals surface area contributed by atoms with Gasteiger partial charge in [-0.25, -0.2) is 0 Å². The van der Waals surface area contributed by atoms with E-state index in [1.54, 1.807) is 21.3 Å². The summed E-state index contributed by atoms with van der Waals surface area (Å²) in [6, 6.07) is 9.48. The van der Waals surface area contributed by atoms with Gasteiger partial charge in [0.05, 0.1) is 27.8 Å². The molecule has 0 atom stereocenters. The van der Waals surface area contributed by atoms with E-state index in [1.807, 2.05) is 43.3 Å². The third-order valence-corrected chi connectivity index (χ3v) is 5.08. The van der Waals surface area contributed by atoms with Crippen molar-refractivity contribution in [2.75, 3.05) is 21.3 Å². The van der Waals surface area contributed by atoms with Crippen molar-refractivity contribution in [1.82, 2.24) is 0 Å². The van der Waals surface area contributed by atoms with Crippen LogP contribution in [0.1, 0.15) is 30.0 Å². The molecule has 0 radical (unpaired) electrons. The van der Waals surface area contributed by atoms with Gasteiger partial charge < -0.3 is 19.3 Å². The topological polar surface area (TPSA) is 65.0 Å². The van der Waals surface area contributed by atoms with Gasteiger partial charge >= 0.3 is 5.97 Å². The number of carboxylic acid groups (broad SMARTS) is 1. The molecule has 0 unspecified atom stereocenters. The van der Waals surface area contributed by atoms with Gasteiger partial charge in [-0.05, 0) is 70.7 Å². The molecule has 0 aromatic heterocycles. The maximum atomic E-state index is 11.4. The molecule has 146 valence electrons. The fourth-order valence-electron chi connectivity index (χ4n) is 3.50. The minimum absolute atomic E-state index is 0.0304. The summed E-state index contributed by atoms with van der Waals surface area (Å²) in [7, 11) is 4.70. The van der Waals surface area contributed by atoms with Gasteiger partial charge in [0.1, 0.15) is 0 Å². The van der Waals surface area contributed by atoms with E-state index in [2.05, 4.69) is 12.6 Å². The second kappa shape index (κ2) is 8.02. The first kappa shape index (κ1) is 19.9. The Kier molecular flexibility index (Phi) is 5.70. The van der Waals surface area contributed by atoms with Crippen LogP contribution in [0.3, 0.4) is 0 Å². The van der Waals surface area contributed by atoms with Crippen LogP contribution in [0, 0.1) is 0 Å². The number of ether oxygens (including phenoxy) is 3. The SMILES string of the molecule is COc1cc(/C=C2\C(C)=C(CC(=O)O)c3ccc(S)cc32)cc(OC)c1OC. The summed E-state index contributed by atoms with van der Waals surface area (Å²) >= 11 is 4.45. The van der Waals surface area contributed by atoms with Crippen molar-refractivity contribution >= 4 is 35.8 Å². The molecule has 28 heavy (non-hydrogen) atoms. The summed E-state index contributed by atoms with van der Waals surface area (Å²) in [5.74, 6) is 0.782. The molecular formula is C22H22O5S. The molecule has 2 aromatic carbocycles. The molecule has 0 saturated heterocycles. The number of rotatable bonds is 6. The van der Waals surface area contributed by atoms with Crippen LogP contribution in [0.4, 0.5) is 0 Å². The Bertz CT molecular complexity index is 979. The minimum atomic E-state index is -0.857. The fraction of sp³-hybridized carbons (Fsp3) is 0.227. The summed E-state index contributed by atoms with van der Waals surface area (Å²) in [6.45, 7) is 1.94. The third kappa shape index (κ3) is 3.60. The Morgan fingerprint density at radius 1 is 1.04 bits per heavy atom. The van der Waals surface area contributed by atoms with Crippen LogP contribution in [0.15, 0.2) is 40.8 Å².